The number of carbonyl (C=O) groups is 6. The number of nitrogens with zero attached hydrogens (tertiary/aromatic N) is 7. The number of aromatic nitrogens is 5. The summed E-state index contributed by atoms with van der Waals surface area (Å²) < 4.78 is 53.5. The minimum atomic E-state index is -4.58. The number of nitrogens with one attached hydrogen (secondary N) is 3. The van der Waals surface area contributed by atoms with Gasteiger partial charge in [0.2, 0.25) is 23.6 Å². The number of alkyl halides is 3. The van der Waals surface area contributed by atoms with Crippen LogP contribution in [0.4, 0.5) is 30.2 Å². The molecule has 18 nitrogen and oxygen atoms in total. The Morgan fingerprint density at radius 1 is 0.873 bits per heavy atom. The third-order valence-electron chi connectivity index (χ3n) is 12.5. The van der Waals surface area contributed by atoms with E-state index in [0.717, 1.165) is 78.9 Å². The molecule has 2 aromatic carbocycles. The molecular formula is C50H53F3N10O8. The third kappa shape index (κ3) is 12.3. The van der Waals surface area contributed by atoms with Gasteiger partial charge in [0.15, 0.2) is 0 Å². The van der Waals surface area contributed by atoms with E-state index in [1.807, 2.05) is 19.2 Å². The van der Waals surface area contributed by atoms with Crippen molar-refractivity contribution in [3.8, 4) is 17.0 Å². The molecule has 0 bridgehead atoms. The van der Waals surface area contributed by atoms with E-state index in [4.69, 9.17) is 14.5 Å². The van der Waals surface area contributed by atoms with Crippen LogP contribution in [0, 0.1) is 6.92 Å². The predicted molar refractivity (Wildman–Crippen MR) is 253 cm³/mol. The van der Waals surface area contributed by atoms with Crippen LogP contribution in [0.15, 0.2) is 73.2 Å². The lowest BCUT2D eigenvalue weighted by Crippen LogP contribution is -2.54. The average Bonchev–Trinajstić information content (AvgIpc) is 3.92. The maximum absolute atomic E-state index is 13.3. The molecule has 0 radical (unpaired) electrons. The van der Waals surface area contributed by atoms with Crippen LogP contribution in [0.5, 0.6) is 5.88 Å². The summed E-state index contributed by atoms with van der Waals surface area (Å²) in [5.41, 5.74) is 3.40. The molecule has 0 spiro atoms. The second-order valence-corrected chi connectivity index (χ2v) is 17.6. The second kappa shape index (κ2) is 22.5. The number of piperidine rings is 1. The predicted octanol–water partition coefficient (Wildman–Crippen LogP) is 6.93. The molecule has 2 saturated heterocycles. The zero-order chi connectivity index (χ0) is 50.1. The SMILES string of the molecule is Cc1ncc(NC(=O)c2cccc(C(F)(F)F)c2)cc1-c1cnc(OCCCCCCc2cn(CCCCCC(=O)Nc3cccc4c3C(=O)N(C3CCC(=O)NC3=O)C4=O)nn2)c(N2CCOCC2)c1. The Morgan fingerprint density at radius 3 is 2.46 bits per heavy atom. The Bertz CT molecular complexity index is 2810. The number of morpholine rings is 1. The molecule has 6 heterocycles. The Morgan fingerprint density at radius 2 is 1.66 bits per heavy atom. The molecule has 71 heavy (non-hydrogen) atoms. The second-order valence-electron chi connectivity index (χ2n) is 17.6. The fraction of sp³-hybridized carbons (Fsp3) is 0.400. The normalized spacial score (nSPS) is 16.0. The molecule has 1 atom stereocenters. The maximum Gasteiger partial charge on any atom is 0.416 e. The van der Waals surface area contributed by atoms with Crippen molar-refractivity contribution < 1.29 is 51.4 Å². The van der Waals surface area contributed by atoms with Gasteiger partial charge in [-0.25, -0.2) is 4.98 Å². The highest BCUT2D eigenvalue weighted by molar-refractivity contribution is 6.26. The lowest BCUT2D eigenvalue weighted by Gasteiger charge is -2.30. The number of halogens is 3. The number of carbonyl (C=O) groups excluding carboxylic acids is 6. The molecule has 8 rings (SSSR count). The minimum Gasteiger partial charge on any atom is -0.476 e. The molecule has 21 heteroatoms. The highest BCUT2D eigenvalue weighted by atomic mass is 19.4. The molecule has 3 aliphatic heterocycles. The first kappa shape index (κ1) is 49.9. The fourth-order valence-electron chi connectivity index (χ4n) is 8.72. The van der Waals surface area contributed by atoms with Crippen molar-refractivity contribution in [3.63, 3.8) is 0 Å². The molecule has 0 aliphatic carbocycles. The van der Waals surface area contributed by atoms with Gasteiger partial charge in [0, 0.05) is 67.3 Å². The van der Waals surface area contributed by atoms with E-state index in [1.165, 1.54) is 24.4 Å². The van der Waals surface area contributed by atoms with E-state index >= 15 is 0 Å². The topological polar surface area (TPSA) is 220 Å². The van der Waals surface area contributed by atoms with Gasteiger partial charge in [0.05, 0.1) is 59.8 Å². The quantitative estimate of drug-likeness (QED) is 0.0533. The number of amides is 6. The van der Waals surface area contributed by atoms with Gasteiger partial charge in [0.25, 0.3) is 17.7 Å². The number of aryl methyl sites for hydroxylation is 3. The first-order valence-corrected chi connectivity index (χ1v) is 23.7. The van der Waals surface area contributed by atoms with Crippen molar-refractivity contribution in [1.29, 1.82) is 0 Å². The summed E-state index contributed by atoms with van der Waals surface area (Å²) in [6, 6.07) is 11.4. The molecule has 5 aromatic rings. The first-order chi connectivity index (χ1) is 34.2. The molecule has 6 amide bonds. The molecule has 2 fully saturated rings. The van der Waals surface area contributed by atoms with Crippen LogP contribution >= 0.6 is 0 Å². The van der Waals surface area contributed by atoms with Crippen LogP contribution in [0.1, 0.15) is 112 Å². The highest BCUT2D eigenvalue weighted by Gasteiger charge is 2.45. The van der Waals surface area contributed by atoms with Crippen LogP contribution in [-0.2, 0) is 38.3 Å². The van der Waals surface area contributed by atoms with Gasteiger partial charge < -0.3 is 25.0 Å². The summed E-state index contributed by atoms with van der Waals surface area (Å²) >= 11 is 0. The van der Waals surface area contributed by atoms with E-state index < -0.39 is 47.3 Å². The summed E-state index contributed by atoms with van der Waals surface area (Å²) in [7, 11) is 0. The standard InChI is InChI=1S/C50H53F3N10O8/c1-31-38(27-36(29-54-31)56-45(66)32-11-9-12-34(25-32)50(51,52)53)33-26-41(61-20-23-70-24-21-61)47(55-28-33)71-22-8-3-2-5-13-35-30-62(60-59-35)19-7-4-6-16-42(64)57-39-15-10-14-37-44(39)49(69)63(48(37)68)40-17-18-43(65)58-46(40)67/h9-12,14-15,25-30,40H,2-8,13,16-24H2,1H3,(H,56,66)(H,57,64)(H,58,65,67). The van der Waals surface area contributed by atoms with E-state index in [0.29, 0.717) is 68.7 Å². The van der Waals surface area contributed by atoms with Gasteiger partial charge in [-0.2, -0.15) is 13.2 Å². The van der Waals surface area contributed by atoms with E-state index in [2.05, 4.69) is 36.1 Å². The molecule has 1 unspecified atom stereocenters. The monoisotopic (exact) mass is 978 g/mol. The van der Waals surface area contributed by atoms with Crippen LogP contribution in [0.3, 0.4) is 0 Å². The number of benzene rings is 2. The number of imide groups is 2. The smallest absolute Gasteiger partial charge is 0.416 e. The van der Waals surface area contributed by atoms with E-state index in [-0.39, 0.29) is 47.5 Å². The van der Waals surface area contributed by atoms with Gasteiger partial charge in [-0.15, -0.1) is 5.10 Å². The van der Waals surface area contributed by atoms with Gasteiger partial charge in [-0.1, -0.05) is 36.6 Å². The lowest BCUT2D eigenvalue weighted by molar-refractivity contribution is -0.138. The fourth-order valence-corrected chi connectivity index (χ4v) is 8.72. The van der Waals surface area contributed by atoms with Crippen molar-refractivity contribution in [3.05, 3.63) is 107 Å². The zero-order valence-electron chi connectivity index (χ0n) is 39.1. The molecule has 372 valence electrons. The van der Waals surface area contributed by atoms with Crippen LogP contribution in [0.25, 0.3) is 11.1 Å². The summed E-state index contributed by atoms with van der Waals surface area (Å²) in [6.45, 7) is 5.29. The molecule has 3 aliphatic rings. The number of hydrogen-bond acceptors (Lipinski definition) is 13. The van der Waals surface area contributed by atoms with Crippen LogP contribution in [0.2, 0.25) is 0 Å². The zero-order valence-corrected chi connectivity index (χ0v) is 39.1. The van der Waals surface area contributed by atoms with Crippen molar-refractivity contribution >= 4 is 52.5 Å². The van der Waals surface area contributed by atoms with Gasteiger partial charge in [0.1, 0.15) is 11.7 Å². The van der Waals surface area contributed by atoms with Crippen molar-refractivity contribution in [2.24, 2.45) is 0 Å². The van der Waals surface area contributed by atoms with Gasteiger partial charge in [-0.3, -0.25) is 48.6 Å². The van der Waals surface area contributed by atoms with Crippen LogP contribution < -0.4 is 25.6 Å². The summed E-state index contributed by atoms with van der Waals surface area (Å²) in [6.07, 6.45) is 7.25. The number of fused-ring (bicyclic) bond motifs is 1. The number of rotatable bonds is 20. The Balaban J connectivity index is 0.748. The summed E-state index contributed by atoms with van der Waals surface area (Å²) in [5, 5.41) is 16.2. The Labute approximate surface area is 406 Å². The first-order valence-electron chi connectivity index (χ1n) is 23.7. The van der Waals surface area contributed by atoms with Crippen molar-refractivity contribution in [1.82, 2.24) is 35.2 Å². The molecular weight excluding hydrogens is 926 g/mol. The number of unbranched alkanes of at least 4 members (excludes halogenated alkanes) is 5. The maximum atomic E-state index is 13.3. The van der Waals surface area contributed by atoms with Crippen LogP contribution in [-0.4, -0.2) is 104 Å². The number of ether oxygens (including phenoxy) is 2. The largest absolute Gasteiger partial charge is 0.476 e. The summed E-state index contributed by atoms with van der Waals surface area (Å²) in [5.74, 6) is -2.99. The average molecular weight is 979 g/mol. The number of anilines is 3. The molecule has 3 N–H and O–H groups in total. The third-order valence-corrected chi connectivity index (χ3v) is 12.5. The molecule has 0 saturated carbocycles. The van der Waals surface area contributed by atoms with Gasteiger partial charge >= 0.3 is 6.18 Å². The Hall–Kier alpha value is -7.55. The minimum absolute atomic E-state index is 0.0117. The van der Waals surface area contributed by atoms with Crippen molar-refractivity contribution in [2.45, 2.75) is 96.3 Å². The lowest BCUT2D eigenvalue weighted by atomic mass is 10.0. The van der Waals surface area contributed by atoms with Crippen molar-refractivity contribution in [2.75, 3.05) is 48.4 Å². The number of hydrogen-bond donors (Lipinski definition) is 3. The van der Waals surface area contributed by atoms with E-state index in [9.17, 15) is 41.9 Å². The summed E-state index contributed by atoms with van der Waals surface area (Å²) in [4.78, 5) is 88.5. The highest BCUT2D eigenvalue weighted by Crippen LogP contribution is 2.36. The number of pyridine rings is 2. The van der Waals surface area contributed by atoms with E-state index in [1.54, 1.807) is 29.1 Å². The molecule has 3 aromatic heterocycles. The Kier molecular flexibility index (Phi) is 15.8. The van der Waals surface area contributed by atoms with Gasteiger partial charge in [-0.05, 0) is 87.9 Å².